The lowest BCUT2D eigenvalue weighted by atomic mass is 10.6. The first-order valence-electron chi connectivity index (χ1n) is 3.86. The predicted octanol–water partition coefficient (Wildman–Crippen LogP) is 1.34. The van der Waals surface area contributed by atoms with Crippen molar-refractivity contribution in [2.24, 2.45) is 5.11 Å². The van der Waals surface area contributed by atoms with Gasteiger partial charge in [0.15, 0.2) is 5.11 Å². The number of nitrogens with zero attached hydrogens (tertiary/aromatic N) is 5. The van der Waals surface area contributed by atoms with Gasteiger partial charge >= 0.3 is 6.03 Å². The molecule has 0 spiro atoms. The molecular weight excluding hydrogens is 190 g/mol. The number of amides is 2. The zero-order valence-corrected chi connectivity index (χ0v) is 7.99. The van der Waals surface area contributed by atoms with Crippen LogP contribution in [0, 0.1) is 0 Å². The first-order chi connectivity index (χ1) is 6.20. The van der Waals surface area contributed by atoms with Gasteiger partial charge in [0.2, 0.25) is 0 Å². The van der Waals surface area contributed by atoms with Crippen molar-refractivity contribution in [3.8, 4) is 0 Å². The lowest BCUT2D eigenvalue weighted by Gasteiger charge is -2.14. The lowest BCUT2D eigenvalue weighted by molar-refractivity contribution is 0.207. The minimum atomic E-state index is -0.181. The summed E-state index contributed by atoms with van der Waals surface area (Å²) in [6, 6.07) is -0.181. The van der Waals surface area contributed by atoms with Crippen LogP contribution < -0.4 is 0 Å². The minimum absolute atomic E-state index is 0.00319. The van der Waals surface area contributed by atoms with Crippen molar-refractivity contribution < 1.29 is 4.79 Å². The molecule has 0 aromatic heterocycles. The maximum atomic E-state index is 11.4. The van der Waals surface area contributed by atoms with Crippen LogP contribution in [-0.4, -0.2) is 40.6 Å². The van der Waals surface area contributed by atoms with Crippen LogP contribution >= 0.6 is 12.2 Å². The van der Waals surface area contributed by atoms with Crippen LogP contribution in [-0.2, 0) is 0 Å². The largest absolute Gasteiger partial charge is 0.325 e. The lowest BCUT2D eigenvalue weighted by Crippen LogP contribution is -2.34. The van der Waals surface area contributed by atoms with Crippen molar-refractivity contribution in [3.63, 3.8) is 0 Å². The molecule has 1 saturated heterocycles. The van der Waals surface area contributed by atoms with Gasteiger partial charge in [-0.05, 0) is 17.6 Å². The maximum absolute atomic E-state index is 11.4. The number of urea groups is 1. The molecule has 13 heavy (non-hydrogen) atoms. The van der Waals surface area contributed by atoms with Crippen LogP contribution in [0.25, 0.3) is 10.4 Å². The van der Waals surface area contributed by atoms with Gasteiger partial charge in [0, 0.05) is 24.5 Å². The summed E-state index contributed by atoms with van der Waals surface area (Å²) in [4.78, 5) is 16.9. The summed E-state index contributed by atoms with van der Waals surface area (Å²) in [6.07, 6.45) is 0. The van der Waals surface area contributed by atoms with Crippen molar-refractivity contribution in [1.82, 2.24) is 9.80 Å². The number of hydrogen-bond acceptors (Lipinski definition) is 2. The Hall–Kier alpha value is -1.33. The van der Waals surface area contributed by atoms with E-state index in [0.29, 0.717) is 19.6 Å². The van der Waals surface area contributed by atoms with Crippen LogP contribution in [0.4, 0.5) is 4.79 Å². The Bertz CT molecular complexity index is 285. The van der Waals surface area contributed by atoms with Crippen LogP contribution in [0.1, 0.15) is 6.92 Å². The number of carbonyl (C=O) groups excluding carboxylic acids is 1. The molecule has 2 amide bonds. The zero-order valence-electron chi connectivity index (χ0n) is 7.17. The number of rotatable bonds is 1. The SMILES string of the molecule is CCN1CCN(C(=S)N=[N+]=[N-])C1=O. The molecule has 1 aliphatic heterocycles. The number of thiocarbonyl (C=S) groups is 1. The molecule has 7 heteroatoms. The predicted molar refractivity (Wildman–Crippen MR) is 51.1 cm³/mol. The minimum Gasteiger partial charge on any atom is -0.323 e. The van der Waals surface area contributed by atoms with E-state index in [1.165, 1.54) is 4.90 Å². The summed E-state index contributed by atoms with van der Waals surface area (Å²) in [5.74, 6) is 0. The molecule has 0 N–H and O–H groups in total. The molecule has 6 nitrogen and oxygen atoms in total. The first-order valence-corrected chi connectivity index (χ1v) is 4.27. The fourth-order valence-electron chi connectivity index (χ4n) is 1.15. The van der Waals surface area contributed by atoms with Gasteiger partial charge in [-0.15, -0.1) is 0 Å². The molecule has 0 bridgehead atoms. The molecule has 0 aliphatic carbocycles. The third kappa shape index (κ3) is 1.88. The highest BCUT2D eigenvalue weighted by Crippen LogP contribution is 2.09. The average molecular weight is 199 g/mol. The van der Waals surface area contributed by atoms with Crippen molar-refractivity contribution in [1.29, 1.82) is 0 Å². The van der Waals surface area contributed by atoms with E-state index in [-0.39, 0.29) is 11.1 Å². The van der Waals surface area contributed by atoms with E-state index >= 15 is 0 Å². The third-order valence-electron chi connectivity index (χ3n) is 1.84. The fourth-order valence-corrected chi connectivity index (χ4v) is 1.35. The normalized spacial score (nSPS) is 15.9. The van der Waals surface area contributed by atoms with Crippen molar-refractivity contribution in [2.75, 3.05) is 19.6 Å². The van der Waals surface area contributed by atoms with E-state index in [1.807, 2.05) is 6.92 Å². The molecule has 1 aliphatic rings. The monoisotopic (exact) mass is 199 g/mol. The smallest absolute Gasteiger partial charge is 0.323 e. The van der Waals surface area contributed by atoms with Crippen molar-refractivity contribution in [3.05, 3.63) is 10.4 Å². The van der Waals surface area contributed by atoms with E-state index in [2.05, 4.69) is 10.0 Å². The summed E-state index contributed by atoms with van der Waals surface area (Å²) in [7, 11) is 0. The van der Waals surface area contributed by atoms with E-state index in [0.717, 1.165) is 0 Å². The molecule has 1 heterocycles. The maximum Gasteiger partial charge on any atom is 0.325 e. The zero-order chi connectivity index (χ0) is 9.84. The standard InChI is InChI=1S/C6H9N5OS/c1-2-10-3-4-11(6(10)12)5(13)8-9-7/h2-4H2,1H3. The highest BCUT2D eigenvalue weighted by Gasteiger charge is 2.29. The van der Waals surface area contributed by atoms with Gasteiger partial charge in [-0.2, -0.15) is 0 Å². The van der Waals surface area contributed by atoms with Gasteiger partial charge in [-0.25, -0.2) is 4.79 Å². The molecule has 1 fully saturated rings. The molecule has 0 atom stereocenters. The Kier molecular flexibility index (Phi) is 3.05. The molecule has 0 unspecified atom stereocenters. The quantitative estimate of drug-likeness (QED) is 0.276. The Labute approximate surface area is 80.7 Å². The van der Waals surface area contributed by atoms with Crippen LogP contribution in [0.15, 0.2) is 5.11 Å². The van der Waals surface area contributed by atoms with E-state index in [1.54, 1.807) is 4.90 Å². The van der Waals surface area contributed by atoms with Gasteiger partial charge in [0.05, 0.1) is 0 Å². The number of azide groups is 1. The fraction of sp³-hybridized carbons (Fsp3) is 0.667. The summed E-state index contributed by atoms with van der Waals surface area (Å²) in [6.45, 7) is 3.67. The molecule has 0 radical (unpaired) electrons. The first kappa shape index (κ1) is 9.76. The van der Waals surface area contributed by atoms with Crippen molar-refractivity contribution >= 4 is 23.4 Å². The molecule has 0 aromatic carbocycles. The van der Waals surface area contributed by atoms with Gasteiger partial charge < -0.3 is 4.90 Å². The molecular formula is C6H9N5OS. The van der Waals surface area contributed by atoms with Gasteiger partial charge in [0.1, 0.15) is 0 Å². The highest BCUT2D eigenvalue weighted by atomic mass is 32.1. The van der Waals surface area contributed by atoms with Gasteiger partial charge in [-0.3, -0.25) is 4.90 Å². The Balaban J connectivity index is 2.69. The Morgan fingerprint density at radius 3 is 2.92 bits per heavy atom. The number of carbonyl (C=O) groups is 1. The second kappa shape index (κ2) is 4.06. The molecule has 0 saturated carbocycles. The average Bonchev–Trinajstić information content (AvgIpc) is 2.47. The second-order valence-electron chi connectivity index (χ2n) is 2.49. The topological polar surface area (TPSA) is 72.3 Å². The second-order valence-corrected chi connectivity index (χ2v) is 2.85. The summed E-state index contributed by atoms with van der Waals surface area (Å²) < 4.78 is 0. The van der Waals surface area contributed by atoms with Crippen LogP contribution in [0.2, 0.25) is 0 Å². The molecule has 0 aromatic rings. The summed E-state index contributed by atoms with van der Waals surface area (Å²) in [5.41, 5.74) is 8.13. The molecule has 70 valence electrons. The van der Waals surface area contributed by atoms with Gasteiger partial charge in [-0.1, -0.05) is 12.2 Å². The van der Waals surface area contributed by atoms with Crippen LogP contribution in [0.5, 0.6) is 0 Å². The molecule has 1 rings (SSSR count). The number of likely N-dealkylation sites (N-methyl/N-ethyl adjacent to an activating group) is 1. The Morgan fingerprint density at radius 1 is 1.77 bits per heavy atom. The van der Waals surface area contributed by atoms with E-state index < -0.39 is 0 Å². The third-order valence-corrected chi connectivity index (χ3v) is 2.14. The van der Waals surface area contributed by atoms with E-state index in [4.69, 9.17) is 17.7 Å². The summed E-state index contributed by atoms with van der Waals surface area (Å²) >= 11 is 4.75. The highest BCUT2D eigenvalue weighted by molar-refractivity contribution is 7.80. The summed E-state index contributed by atoms with van der Waals surface area (Å²) in [5, 5.41) is 3.22. The number of hydrogen-bond donors (Lipinski definition) is 0. The van der Waals surface area contributed by atoms with Crippen LogP contribution in [0.3, 0.4) is 0 Å². The van der Waals surface area contributed by atoms with E-state index in [9.17, 15) is 4.79 Å². The van der Waals surface area contributed by atoms with Crippen molar-refractivity contribution in [2.45, 2.75) is 6.92 Å². The Morgan fingerprint density at radius 2 is 2.46 bits per heavy atom. The van der Waals surface area contributed by atoms with Gasteiger partial charge in [0.25, 0.3) is 0 Å².